The van der Waals surface area contributed by atoms with Gasteiger partial charge in [-0.15, -0.1) is 0 Å². The second-order valence-electron chi connectivity index (χ2n) is 6.71. The van der Waals surface area contributed by atoms with E-state index >= 15 is 0 Å². The average molecular weight is 459 g/mol. The number of aliphatic hydroxyl groups is 1. The largest absolute Gasteiger partial charge is 0.469 e. The number of methoxy groups -OCH3 is 1. The van der Waals surface area contributed by atoms with E-state index in [2.05, 4.69) is 31.2 Å². The van der Waals surface area contributed by atoms with E-state index in [4.69, 9.17) is 9.73 Å². The molecule has 0 saturated carbocycles. The van der Waals surface area contributed by atoms with Crippen LogP contribution in [-0.2, 0) is 9.53 Å². The van der Waals surface area contributed by atoms with Gasteiger partial charge in [-0.2, -0.15) is 0 Å². The van der Waals surface area contributed by atoms with Gasteiger partial charge in [-0.05, 0) is 43.7 Å². The maximum Gasteiger partial charge on any atom is 0.305 e. The molecule has 0 radical (unpaired) electrons. The number of rotatable bonds is 6. The number of aromatic nitrogens is 1. The molecule has 0 amide bonds. The number of anilines is 1. The van der Waals surface area contributed by atoms with E-state index in [1.54, 1.807) is 13.1 Å². The number of aliphatic imine (C=N–C) groups is 2. The number of hydrogen-bond donors (Lipinski definition) is 2. The SMILES string of the molecule is COC(=O)CC[C@@H]1N=C(c2ccccn2)c2cc(Br)ccc2NC1=NC[C@@H](C)O. The highest BCUT2D eigenvalue weighted by Crippen LogP contribution is 2.28. The molecular formula is C21H23BrN4O3. The van der Waals surface area contributed by atoms with Crippen LogP contribution in [0.15, 0.2) is 57.1 Å². The maximum absolute atomic E-state index is 11.7. The van der Waals surface area contributed by atoms with Gasteiger partial charge in [0.25, 0.3) is 0 Å². The van der Waals surface area contributed by atoms with Crippen molar-refractivity contribution in [3.05, 3.63) is 58.3 Å². The number of esters is 1. The van der Waals surface area contributed by atoms with Gasteiger partial charge in [0.15, 0.2) is 0 Å². The lowest BCUT2D eigenvalue weighted by Crippen LogP contribution is -2.28. The molecule has 1 aliphatic heterocycles. The molecule has 0 bridgehead atoms. The molecule has 2 heterocycles. The Labute approximate surface area is 178 Å². The number of amidine groups is 1. The van der Waals surface area contributed by atoms with E-state index in [0.29, 0.717) is 18.0 Å². The van der Waals surface area contributed by atoms with Gasteiger partial charge in [0.1, 0.15) is 11.9 Å². The summed E-state index contributed by atoms with van der Waals surface area (Å²) < 4.78 is 5.70. The van der Waals surface area contributed by atoms with Crippen molar-refractivity contribution in [2.24, 2.45) is 9.98 Å². The Balaban J connectivity index is 2.11. The normalized spacial score (nSPS) is 18.3. The third-order valence-electron chi connectivity index (χ3n) is 4.38. The van der Waals surface area contributed by atoms with Crippen molar-refractivity contribution in [1.82, 2.24) is 4.98 Å². The minimum absolute atomic E-state index is 0.204. The van der Waals surface area contributed by atoms with Crippen LogP contribution in [0.5, 0.6) is 0 Å². The van der Waals surface area contributed by atoms with E-state index in [-0.39, 0.29) is 18.9 Å². The number of carbonyl (C=O) groups is 1. The zero-order valence-corrected chi connectivity index (χ0v) is 17.9. The number of benzodiazepines with no additional fused rings is 1. The molecule has 0 aliphatic carbocycles. The third-order valence-corrected chi connectivity index (χ3v) is 4.88. The molecule has 0 fully saturated rings. The maximum atomic E-state index is 11.7. The highest BCUT2D eigenvalue weighted by molar-refractivity contribution is 9.10. The number of hydrogen-bond acceptors (Lipinski definition) is 6. The summed E-state index contributed by atoms with van der Waals surface area (Å²) in [4.78, 5) is 25.7. The van der Waals surface area contributed by atoms with Gasteiger partial charge in [0.05, 0.1) is 31.2 Å². The minimum Gasteiger partial charge on any atom is -0.469 e. The molecular weight excluding hydrogens is 436 g/mol. The fourth-order valence-electron chi connectivity index (χ4n) is 2.97. The fourth-order valence-corrected chi connectivity index (χ4v) is 3.33. The van der Waals surface area contributed by atoms with E-state index in [9.17, 15) is 9.90 Å². The lowest BCUT2D eigenvalue weighted by atomic mass is 10.0. The molecule has 1 aromatic heterocycles. The Bertz CT molecular complexity index is 929. The quantitative estimate of drug-likeness (QED) is 0.647. The molecule has 2 atom stereocenters. The van der Waals surface area contributed by atoms with Gasteiger partial charge in [-0.1, -0.05) is 22.0 Å². The molecule has 2 N–H and O–H groups in total. The summed E-state index contributed by atoms with van der Waals surface area (Å²) in [6, 6.07) is 11.1. The van der Waals surface area contributed by atoms with Crippen LogP contribution in [-0.4, -0.2) is 53.4 Å². The van der Waals surface area contributed by atoms with Gasteiger partial charge >= 0.3 is 5.97 Å². The smallest absolute Gasteiger partial charge is 0.305 e. The number of benzene rings is 1. The van der Waals surface area contributed by atoms with Crippen LogP contribution in [0.25, 0.3) is 0 Å². The van der Waals surface area contributed by atoms with Crippen LogP contribution >= 0.6 is 15.9 Å². The highest BCUT2D eigenvalue weighted by Gasteiger charge is 2.26. The number of nitrogens with zero attached hydrogens (tertiary/aromatic N) is 3. The number of fused-ring (bicyclic) bond motifs is 1. The monoisotopic (exact) mass is 458 g/mol. The van der Waals surface area contributed by atoms with Gasteiger partial charge in [0.2, 0.25) is 0 Å². The van der Waals surface area contributed by atoms with Crippen molar-refractivity contribution in [2.45, 2.75) is 31.9 Å². The molecule has 0 unspecified atom stereocenters. The molecule has 8 heteroatoms. The van der Waals surface area contributed by atoms with Gasteiger partial charge in [-0.3, -0.25) is 19.8 Å². The van der Waals surface area contributed by atoms with Crippen LogP contribution in [0.2, 0.25) is 0 Å². The molecule has 1 aromatic carbocycles. The number of aliphatic hydroxyl groups excluding tert-OH is 1. The van der Waals surface area contributed by atoms with Crippen molar-refractivity contribution in [1.29, 1.82) is 0 Å². The first-order valence-electron chi connectivity index (χ1n) is 9.33. The molecule has 2 aromatic rings. The topological polar surface area (TPSA) is 96.2 Å². The Hall–Kier alpha value is -2.58. The number of halogens is 1. The van der Waals surface area contributed by atoms with Crippen LogP contribution in [0.4, 0.5) is 5.69 Å². The summed E-state index contributed by atoms with van der Waals surface area (Å²) in [5.41, 5.74) is 3.16. The van der Waals surface area contributed by atoms with Crippen LogP contribution in [0, 0.1) is 0 Å². The van der Waals surface area contributed by atoms with Crippen molar-refractivity contribution < 1.29 is 14.6 Å². The molecule has 29 heavy (non-hydrogen) atoms. The average Bonchev–Trinajstić information content (AvgIpc) is 2.87. The van der Waals surface area contributed by atoms with Crippen LogP contribution in [0.1, 0.15) is 31.0 Å². The predicted molar refractivity (Wildman–Crippen MR) is 117 cm³/mol. The Morgan fingerprint density at radius 2 is 2.21 bits per heavy atom. The number of pyridine rings is 1. The van der Waals surface area contributed by atoms with Crippen molar-refractivity contribution >= 4 is 39.1 Å². The lowest BCUT2D eigenvalue weighted by molar-refractivity contribution is -0.140. The molecule has 1 aliphatic rings. The van der Waals surface area contributed by atoms with E-state index in [0.717, 1.165) is 21.4 Å². The Morgan fingerprint density at radius 1 is 1.38 bits per heavy atom. The predicted octanol–water partition coefficient (Wildman–Crippen LogP) is 3.21. The molecule has 0 saturated heterocycles. The first-order valence-corrected chi connectivity index (χ1v) is 10.1. The summed E-state index contributed by atoms with van der Waals surface area (Å²) >= 11 is 3.53. The molecule has 3 rings (SSSR count). The lowest BCUT2D eigenvalue weighted by Gasteiger charge is -2.16. The fraction of sp³-hybridized carbons (Fsp3) is 0.333. The summed E-state index contributed by atoms with van der Waals surface area (Å²) in [5, 5.41) is 13.1. The summed E-state index contributed by atoms with van der Waals surface area (Å²) in [5.74, 6) is 0.295. The number of ether oxygens (including phenoxy) is 1. The van der Waals surface area contributed by atoms with Crippen molar-refractivity contribution in [3.63, 3.8) is 0 Å². The third kappa shape index (κ3) is 5.48. The van der Waals surface area contributed by atoms with Crippen molar-refractivity contribution in [2.75, 3.05) is 19.0 Å². The molecule has 7 nitrogen and oxygen atoms in total. The zero-order chi connectivity index (χ0) is 20.8. The number of carbonyl (C=O) groups excluding carboxylic acids is 1. The van der Waals surface area contributed by atoms with Gasteiger partial charge in [-0.25, -0.2) is 0 Å². The van der Waals surface area contributed by atoms with Crippen LogP contribution < -0.4 is 5.32 Å². The molecule has 152 valence electrons. The van der Waals surface area contributed by atoms with Crippen LogP contribution in [0.3, 0.4) is 0 Å². The summed E-state index contributed by atoms with van der Waals surface area (Å²) in [6.45, 7) is 1.91. The first-order chi connectivity index (χ1) is 14.0. The Kier molecular flexibility index (Phi) is 7.11. The van der Waals surface area contributed by atoms with E-state index in [1.807, 2.05) is 36.4 Å². The van der Waals surface area contributed by atoms with E-state index in [1.165, 1.54) is 7.11 Å². The Morgan fingerprint density at radius 3 is 2.90 bits per heavy atom. The number of nitrogens with one attached hydrogen (secondary N) is 1. The zero-order valence-electron chi connectivity index (χ0n) is 16.3. The minimum atomic E-state index is -0.586. The standard InChI is InChI=1S/C21H23BrN4O3/c1-13(27)12-24-21-18(8-9-19(28)29-2)25-20(17-5-3-4-10-23-17)15-11-14(22)6-7-16(15)26-21/h3-7,10-11,13,18,27H,8-9,12H2,1-2H3,(H,24,26)/t13-,18+/m1/s1. The van der Waals surface area contributed by atoms with Gasteiger partial charge in [0, 0.05) is 28.3 Å². The highest BCUT2D eigenvalue weighted by atomic mass is 79.9. The summed E-state index contributed by atoms with van der Waals surface area (Å²) in [7, 11) is 1.37. The van der Waals surface area contributed by atoms with Gasteiger partial charge < -0.3 is 15.2 Å². The molecule has 0 spiro atoms. The second-order valence-corrected chi connectivity index (χ2v) is 7.63. The first kappa shape index (κ1) is 21.1. The van der Waals surface area contributed by atoms with E-state index < -0.39 is 12.1 Å². The van der Waals surface area contributed by atoms with Crippen molar-refractivity contribution in [3.8, 4) is 0 Å². The second kappa shape index (κ2) is 9.76. The summed E-state index contributed by atoms with van der Waals surface area (Å²) in [6.07, 6.45) is 1.76.